The molecule has 0 saturated heterocycles. The van der Waals surface area contributed by atoms with E-state index < -0.39 is 5.97 Å². The van der Waals surface area contributed by atoms with Crippen LogP contribution in [0.1, 0.15) is 80.9 Å². The molecule has 154 valence electrons. The summed E-state index contributed by atoms with van der Waals surface area (Å²) in [5, 5.41) is 12.2. The zero-order valence-corrected chi connectivity index (χ0v) is 17.3. The number of carboxylic acids is 1. The van der Waals surface area contributed by atoms with Crippen LogP contribution < -0.4 is 5.32 Å². The van der Waals surface area contributed by atoms with Crippen LogP contribution >= 0.6 is 11.6 Å². The summed E-state index contributed by atoms with van der Waals surface area (Å²) in [5.74, 6) is -0.800. The Labute approximate surface area is 171 Å². The van der Waals surface area contributed by atoms with Crippen LogP contribution in [0.2, 0.25) is 5.02 Å². The van der Waals surface area contributed by atoms with E-state index in [1.54, 1.807) is 22.7 Å². The predicted octanol–water partition coefficient (Wildman–Crippen LogP) is 4.88. The Kier molecular flexibility index (Phi) is 9.28. The Bertz CT molecular complexity index is 789. The van der Waals surface area contributed by atoms with E-state index in [0.717, 1.165) is 57.1 Å². The maximum Gasteiger partial charge on any atom is 0.303 e. The average Bonchev–Trinajstić information content (AvgIpc) is 3.03. The summed E-state index contributed by atoms with van der Waals surface area (Å²) in [6.07, 6.45) is 11.1. The first-order valence-electron chi connectivity index (χ1n) is 10.2. The number of imidazole rings is 1. The van der Waals surface area contributed by atoms with Gasteiger partial charge in [-0.05, 0) is 25.3 Å². The molecule has 7 heteroatoms. The standard InChI is InChI=1S/C21H30ClN3O3/c1-2-17-20(25-14-12-16(22)15-18(25)24-17)21(28)23-13-10-8-6-4-3-5-7-9-11-19(26)27/h12,14-15H,2-11,13H2,1H3,(H,23,28)(H,26,27). The van der Waals surface area contributed by atoms with Gasteiger partial charge in [-0.2, -0.15) is 0 Å². The van der Waals surface area contributed by atoms with E-state index in [1.807, 2.05) is 6.92 Å². The second-order valence-electron chi connectivity index (χ2n) is 7.06. The predicted molar refractivity (Wildman–Crippen MR) is 111 cm³/mol. The van der Waals surface area contributed by atoms with Crippen molar-refractivity contribution in [3.63, 3.8) is 0 Å². The Hall–Kier alpha value is -2.08. The molecule has 2 heterocycles. The topological polar surface area (TPSA) is 83.7 Å². The largest absolute Gasteiger partial charge is 0.481 e. The molecule has 2 N–H and O–H groups in total. The lowest BCUT2D eigenvalue weighted by Crippen LogP contribution is -2.26. The van der Waals surface area contributed by atoms with Crippen LogP contribution in [0.25, 0.3) is 5.65 Å². The number of carboxylic acid groups (broad SMARTS) is 1. The molecule has 0 aromatic carbocycles. The molecule has 2 rings (SSSR count). The highest BCUT2D eigenvalue weighted by molar-refractivity contribution is 6.30. The molecule has 0 aliphatic rings. The number of fused-ring (bicyclic) bond motifs is 1. The molecule has 2 aromatic heterocycles. The molecular weight excluding hydrogens is 378 g/mol. The van der Waals surface area contributed by atoms with Gasteiger partial charge in [-0.15, -0.1) is 0 Å². The van der Waals surface area contributed by atoms with E-state index >= 15 is 0 Å². The number of aliphatic carboxylic acids is 1. The summed E-state index contributed by atoms with van der Waals surface area (Å²) in [4.78, 5) is 27.6. The zero-order valence-electron chi connectivity index (χ0n) is 16.5. The number of aryl methyl sites for hydroxylation is 1. The number of halogens is 1. The molecular formula is C21H30ClN3O3. The number of nitrogens with zero attached hydrogens (tertiary/aromatic N) is 2. The minimum atomic E-state index is -0.708. The summed E-state index contributed by atoms with van der Waals surface area (Å²) in [7, 11) is 0. The smallest absolute Gasteiger partial charge is 0.303 e. The first kappa shape index (κ1) is 22.2. The van der Waals surface area contributed by atoms with Gasteiger partial charge >= 0.3 is 5.97 Å². The highest BCUT2D eigenvalue weighted by Gasteiger charge is 2.17. The lowest BCUT2D eigenvalue weighted by atomic mass is 10.1. The minimum Gasteiger partial charge on any atom is -0.481 e. The van der Waals surface area contributed by atoms with Crippen molar-refractivity contribution in [2.75, 3.05) is 6.54 Å². The summed E-state index contributed by atoms with van der Waals surface area (Å²) in [6.45, 7) is 2.64. The van der Waals surface area contributed by atoms with Gasteiger partial charge in [-0.3, -0.25) is 14.0 Å². The van der Waals surface area contributed by atoms with Crippen molar-refractivity contribution in [1.29, 1.82) is 0 Å². The van der Waals surface area contributed by atoms with Gasteiger partial charge in [0.05, 0.1) is 5.69 Å². The number of amides is 1. The third-order valence-corrected chi connectivity index (χ3v) is 5.05. The summed E-state index contributed by atoms with van der Waals surface area (Å²) >= 11 is 6.02. The molecule has 28 heavy (non-hydrogen) atoms. The molecule has 6 nitrogen and oxygen atoms in total. The highest BCUT2D eigenvalue weighted by Crippen LogP contribution is 2.17. The Morgan fingerprint density at radius 3 is 2.39 bits per heavy atom. The second kappa shape index (κ2) is 11.7. The quantitative estimate of drug-likeness (QED) is 0.463. The van der Waals surface area contributed by atoms with Crippen LogP contribution in [-0.2, 0) is 11.2 Å². The number of hydrogen-bond donors (Lipinski definition) is 2. The van der Waals surface area contributed by atoms with Crippen LogP contribution in [0.5, 0.6) is 0 Å². The van der Waals surface area contributed by atoms with Crippen LogP contribution in [0, 0.1) is 0 Å². The first-order valence-corrected chi connectivity index (χ1v) is 10.6. The van der Waals surface area contributed by atoms with Gasteiger partial charge in [-0.1, -0.05) is 57.0 Å². The molecule has 0 bridgehead atoms. The molecule has 0 spiro atoms. The van der Waals surface area contributed by atoms with Crippen molar-refractivity contribution >= 4 is 29.1 Å². The van der Waals surface area contributed by atoms with Crippen molar-refractivity contribution in [3.8, 4) is 0 Å². The van der Waals surface area contributed by atoms with Crippen LogP contribution in [-0.4, -0.2) is 32.9 Å². The van der Waals surface area contributed by atoms with Gasteiger partial charge in [0.15, 0.2) is 0 Å². The van der Waals surface area contributed by atoms with Gasteiger partial charge < -0.3 is 10.4 Å². The van der Waals surface area contributed by atoms with Gasteiger partial charge in [0.25, 0.3) is 5.91 Å². The van der Waals surface area contributed by atoms with Crippen LogP contribution in [0.4, 0.5) is 0 Å². The van der Waals surface area contributed by atoms with E-state index in [-0.39, 0.29) is 12.3 Å². The van der Waals surface area contributed by atoms with E-state index in [2.05, 4.69) is 10.3 Å². The normalized spacial score (nSPS) is 11.1. The molecule has 0 unspecified atom stereocenters. The second-order valence-corrected chi connectivity index (χ2v) is 7.50. The molecule has 1 amide bonds. The maximum atomic E-state index is 12.6. The molecule has 0 radical (unpaired) electrons. The van der Waals surface area contributed by atoms with Crippen molar-refractivity contribution in [3.05, 3.63) is 34.7 Å². The van der Waals surface area contributed by atoms with Gasteiger partial charge in [-0.25, -0.2) is 4.98 Å². The van der Waals surface area contributed by atoms with Crippen LogP contribution in [0.15, 0.2) is 18.3 Å². The molecule has 0 aliphatic carbocycles. The first-order chi connectivity index (χ1) is 13.5. The lowest BCUT2D eigenvalue weighted by molar-refractivity contribution is -0.137. The molecule has 2 aromatic rings. The third kappa shape index (κ3) is 6.82. The molecule has 0 saturated carbocycles. The molecule has 0 aliphatic heterocycles. The fourth-order valence-electron chi connectivity index (χ4n) is 3.30. The van der Waals surface area contributed by atoms with E-state index in [0.29, 0.717) is 29.3 Å². The number of unbranched alkanes of at least 4 members (excludes halogenated alkanes) is 7. The van der Waals surface area contributed by atoms with Crippen molar-refractivity contribution < 1.29 is 14.7 Å². The van der Waals surface area contributed by atoms with Crippen molar-refractivity contribution in [1.82, 2.24) is 14.7 Å². The van der Waals surface area contributed by atoms with Crippen molar-refractivity contribution in [2.24, 2.45) is 0 Å². The van der Waals surface area contributed by atoms with Gasteiger partial charge in [0, 0.05) is 30.3 Å². The van der Waals surface area contributed by atoms with Crippen molar-refractivity contribution in [2.45, 2.75) is 71.1 Å². The number of carbonyl (C=O) groups excluding carboxylic acids is 1. The van der Waals surface area contributed by atoms with Crippen LogP contribution in [0.3, 0.4) is 0 Å². The Morgan fingerprint density at radius 2 is 1.75 bits per heavy atom. The number of rotatable bonds is 13. The van der Waals surface area contributed by atoms with Gasteiger partial charge in [0.2, 0.25) is 0 Å². The monoisotopic (exact) mass is 407 g/mol. The fourth-order valence-corrected chi connectivity index (χ4v) is 3.46. The molecule has 0 atom stereocenters. The maximum absolute atomic E-state index is 12.6. The summed E-state index contributed by atoms with van der Waals surface area (Å²) in [6, 6.07) is 3.52. The fraction of sp³-hybridized carbons (Fsp3) is 0.571. The number of hydrogen-bond acceptors (Lipinski definition) is 3. The molecule has 0 fully saturated rings. The number of nitrogens with one attached hydrogen (secondary N) is 1. The highest BCUT2D eigenvalue weighted by atomic mass is 35.5. The van der Waals surface area contributed by atoms with E-state index in [9.17, 15) is 9.59 Å². The third-order valence-electron chi connectivity index (χ3n) is 4.81. The number of pyridine rings is 1. The summed E-state index contributed by atoms with van der Waals surface area (Å²) < 4.78 is 1.80. The average molecular weight is 408 g/mol. The lowest BCUT2D eigenvalue weighted by Gasteiger charge is -2.07. The number of aromatic nitrogens is 2. The summed E-state index contributed by atoms with van der Waals surface area (Å²) in [5.41, 5.74) is 2.07. The Balaban J connectivity index is 1.65. The van der Waals surface area contributed by atoms with Gasteiger partial charge in [0.1, 0.15) is 11.3 Å². The number of carbonyl (C=O) groups is 2. The van der Waals surface area contributed by atoms with E-state index in [4.69, 9.17) is 16.7 Å². The minimum absolute atomic E-state index is 0.0925. The Morgan fingerprint density at radius 1 is 1.11 bits per heavy atom. The SMILES string of the molecule is CCc1nc2cc(Cl)ccn2c1C(=O)NCCCCCCCCCCC(=O)O. The van der Waals surface area contributed by atoms with E-state index in [1.165, 1.54) is 0 Å². The zero-order chi connectivity index (χ0) is 20.4.